The zero-order chi connectivity index (χ0) is 9.97. The maximum absolute atomic E-state index is 4.21. The van der Waals surface area contributed by atoms with Crippen LogP contribution in [0.5, 0.6) is 0 Å². The second-order valence-electron chi connectivity index (χ2n) is 3.59. The topological polar surface area (TPSA) is 33.1 Å². The molecule has 4 nitrogen and oxygen atoms in total. The smallest absolute Gasteiger partial charge is 0.0663 e. The van der Waals surface area contributed by atoms with Gasteiger partial charge < -0.3 is 5.32 Å². The summed E-state index contributed by atoms with van der Waals surface area (Å²) < 4.78 is 3.05. The third-order valence-electron chi connectivity index (χ3n) is 2.59. The molecule has 0 aromatic carbocycles. The van der Waals surface area contributed by atoms with Crippen molar-refractivity contribution in [1.82, 2.24) is 20.0 Å². The van der Waals surface area contributed by atoms with E-state index in [1.165, 1.54) is 5.69 Å². The fourth-order valence-electron chi connectivity index (χ4n) is 1.69. The summed E-state index contributed by atoms with van der Waals surface area (Å²) in [6.45, 7) is 5.42. The van der Waals surface area contributed by atoms with E-state index in [0.29, 0.717) is 0 Å². The van der Waals surface area contributed by atoms with Crippen molar-refractivity contribution >= 4 is 15.9 Å². The molecule has 0 aliphatic carbocycles. The molecule has 14 heavy (non-hydrogen) atoms. The number of hydrogen-bond donors (Lipinski definition) is 1. The molecule has 0 saturated carbocycles. The number of hydrogen-bond acceptors (Lipinski definition) is 3. The molecule has 1 aromatic heterocycles. The minimum Gasteiger partial charge on any atom is -0.314 e. The van der Waals surface area contributed by atoms with Gasteiger partial charge in [0.15, 0.2) is 0 Å². The molecule has 1 fully saturated rings. The lowest BCUT2D eigenvalue weighted by Gasteiger charge is -2.27. The van der Waals surface area contributed by atoms with Gasteiger partial charge in [0, 0.05) is 39.8 Å². The Morgan fingerprint density at radius 2 is 2.21 bits per heavy atom. The van der Waals surface area contributed by atoms with E-state index in [1.807, 2.05) is 17.9 Å². The molecule has 5 heteroatoms. The van der Waals surface area contributed by atoms with Crippen LogP contribution in [0.25, 0.3) is 0 Å². The van der Waals surface area contributed by atoms with Crippen LogP contribution < -0.4 is 5.32 Å². The van der Waals surface area contributed by atoms with Crippen LogP contribution in [0.2, 0.25) is 0 Å². The molecule has 0 radical (unpaired) electrons. The number of halogens is 1. The van der Waals surface area contributed by atoms with Gasteiger partial charge in [0.25, 0.3) is 0 Å². The second-order valence-corrected chi connectivity index (χ2v) is 4.44. The summed E-state index contributed by atoms with van der Waals surface area (Å²) in [4.78, 5) is 2.44. The molecule has 78 valence electrons. The average Bonchev–Trinajstić information content (AvgIpc) is 2.51. The molecule has 0 atom stereocenters. The first kappa shape index (κ1) is 10.1. The highest BCUT2D eigenvalue weighted by Gasteiger charge is 2.13. The van der Waals surface area contributed by atoms with E-state index in [9.17, 15) is 0 Å². The van der Waals surface area contributed by atoms with Crippen molar-refractivity contribution in [3.63, 3.8) is 0 Å². The van der Waals surface area contributed by atoms with E-state index < -0.39 is 0 Å². The Hall–Kier alpha value is -0.390. The summed E-state index contributed by atoms with van der Waals surface area (Å²) in [6, 6.07) is 0. The van der Waals surface area contributed by atoms with Crippen LogP contribution in [0.3, 0.4) is 0 Å². The molecule has 1 aromatic rings. The lowest BCUT2D eigenvalue weighted by atomic mass is 10.3. The van der Waals surface area contributed by atoms with Gasteiger partial charge in [-0.3, -0.25) is 9.58 Å². The molecule has 2 heterocycles. The Labute approximate surface area is 92.4 Å². The van der Waals surface area contributed by atoms with Gasteiger partial charge in [-0.25, -0.2) is 0 Å². The van der Waals surface area contributed by atoms with Gasteiger partial charge in [-0.15, -0.1) is 0 Å². The van der Waals surface area contributed by atoms with Gasteiger partial charge >= 0.3 is 0 Å². The SMILES string of the molecule is Cn1ncc(Br)c1CN1CCNCC1. The zero-order valence-corrected chi connectivity index (χ0v) is 9.92. The molecule has 0 bridgehead atoms. The number of piperazine rings is 1. The Balaban J connectivity index is 2.02. The van der Waals surface area contributed by atoms with Crippen molar-refractivity contribution in [2.75, 3.05) is 26.2 Å². The molecule has 1 aliphatic heterocycles. The van der Waals surface area contributed by atoms with Crippen LogP contribution in [0.15, 0.2) is 10.7 Å². The maximum atomic E-state index is 4.21. The average molecular weight is 259 g/mol. The molecule has 0 spiro atoms. The summed E-state index contributed by atoms with van der Waals surface area (Å²) in [5, 5.41) is 7.56. The van der Waals surface area contributed by atoms with Gasteiger partial charge in [-0.05, 0) is 15.9 Å². The number of nitrogens with zero attached hydrogens (tertiary/aromatic N) is 3. The Morgan fingerprint density at radius 1 is 1.50 bits per heavy atom. The molecule has 0 amide bonds. The van der Waals surface area contributed by atoms with Gasteiger partial charge in [0.2, 0.25) is 0 Å². The lowest BCUT2D eigenvalue weighted by Crippen LogP contribution is -2.43. The second kappa shape index (κ2) is 4.42. The van der Waals surface area contributed by atoms with E-state index in [1.54, 1.807) is 0 Å². The van der Waals surface area contributed by atoms with E-state index in [-0.39, 0.29) is 0 Å². The lowest BCUT2D eigenvalue weighted by molar-refractivity contribution is 0.227. The fraction of sp³-hybridized carbons (Fsp3) is 0.667. The number of aryl methyl sites for hydroxylation is 1. The summed E-state index contributed by atoms with van der Waals surface area (Å²) in [6.07, 6.45) is 1.86. The standard InChI is InChI=1S/C9H15BrN4/c1-13-9(8(10)6-12-13)7-14-4-2-11-3-5-14/h6,11H,2-5,7H2,1H3. The van der Waals surface area contributed by atoms with Crippen LogP contribution >= 0.6 is 15.9 Å². The van der Waals surface area contributed by atoms with Gasteiger partial charge in [-0.2, -0.15) is 5.10 Å². The third-order valence-corrected chi connectivity index (χ3v) is 3.26. The van der Waals surface area contributed by atoms with Crippen LogP contribution in [-0.4, -0.2) is 40.9 Å². The van der Waals surface area contributed by atoms with Crippen LogP contribution in [-0.2, 0) is 13.6 Å². The van der Waals surface area contributed by atoms with Gasteiger partial charge in [0.05, 0.1) is 16.4 Å². The number of aromatic nitrogens is 2. The first-order chi connectivity index (χ1) is 6.77. The van der Waals surface area contributed by atoms with Crippen molar-refractivity contribution in [1.29, 1.82) is 0 Å². The van der Waals surface area contributed by atoms with Crippen LogP contribution in [0.1, 0.15) is 5.69 Å². The third kappa shape index (κ3) is 2.16. The van der Waals surface area contributed by atoms with E-state index >= 15 is 0 Å². The maximum Gasteiger partial charge on any atom is 0.0663 e. The van der Waals surface area contributed by atoms with Gasteiger partial charge in [0.1, 0.15) is 0 Å². The highest BCUT2D eigenvalue weighted by molar-refractivity contribution is 9.10. The number of nitrogens with one attached hydrogen (secondary N) is 1. The van der Waals surface area contributed by atoms with Crippen molar-refractivity contribution in [3.05, 3.63) is 16.4 Å². The van der Waals surface area contributed by atoms with E-state index in [2.05, 4.69) is 31.2 Å². The zero-order valence-electron chi connectivity index (χ0n) is 8.33. The quantitative estimate of drug-likeness (QED) is 0.843. The molecule has 1 N–H and O–H groups in total. The monoisotopic (exact) mass is 258 g/mol. The summed E-state index contributed by atoms with van der Waals surface area (Å²) in [5.74, 6) is 0. The van der Waals surface area contributed by atoms with E-state index in [4.69, 9.17) is 0 Å². The van der Waals surface area contributed by atoms with Crippen molar-refractivity contribution in [3.8, 4) is 0 Å². The molecular formula is C9H15BrN4. The van der Waals surface area contributed by atoms with Gasteiger partial charge in [-0.1, -0.05) is 0 Å². The molecular weight excluding hydrogens is 244 g/mol. The summed E-state index contributed by atoms with van der Waals surface area (Å²) in [5.41, 5.74) is 1.26. The molecule has 0 unspecified atom stereocenters. The highest BCUT2D eigenvalue weighted by Crippen LogP contribution is 2.16. The van der Waals surface area contributed by atoms with Crippen molar-refractivity contribution < 1.29 is 0 Å². The minimum absolute atomic E-state index is 0.985. The first-order valence-electron chi connectivity index (χ1n) is 4.87. The van der Waals surface area contributed by atoms with Crippen molar-refractivity contribution in [2.45, 2.75) is 6.54 Å². The predicted molar refractivity (Wildman–Crippen MR) is 59.1 cm³/mol. The Morgan fingerprint density at radius 3 is 2.79 bits per heavy atom. The highest BCUT2D eigenvalue weighted by atomic mass is 79.9. The fourth-order valence-corrected chi connectivity index (χ4v) is 2.17. The largest absolute Gasteiger partial charge is 0.314 e. The predicted octanol–water partition coefficient (Wildman–Crippen LogP) is 0.588. The van der Waals surface area contributed by atoms with Crippen LogP contribution in [0, 0.1) is 0 Å². The van der Waals surface area contributed by atoms with Crippen LogP contribution in [0.4, 0.5) is 0 Å². The first-order valence-corrected chi connectivity index (χ1v) is 5.66. The molecule has 1 saturated heterocycles. The minimum atomic E-state index is 0.985. The Bertz CT molecular complexity index is 284. The summed E-state index contributed by atoms with van der Waals surface area (Å²) >= 11 is 3.52. The molecule has 1 aliphatic rings. The summed E-state index contributed by atoms with van der Waals surface area (Å²) in [7, 11) is 1.99. The van der Waals surface area contributed by atoms with Crippen molar-refractivity contribution in [2.24, 2.45) is 7.05 Å². The number of rotatable bonds is 2. The normalized spacial score (nSPS) is 18.7. The molecule has 2 rings (SSSR count). The Kier molecular flexibility index (Phi) is 3.20. The van der Waals surface area contributed by atoms with E-state index in [0.717, 1.165) is 37.2 Å².